The minimum atomic E-state index is -0.102. The van der Waals surface area contributed by atoms with Crippen molar-refractivity contribution in [1.82, 2.24) is 9.55 Å². The molecule has 6 heteroatoms. The predicted octanol–water partition coefficient (Wildman–Crippen LogP) is 3.43. The molecule has 3 rings (SSSR count). The van der Waals surface area contributed by atoms with Gasteiger partial charge >= 0.3 is 0 Å². The zero-order chi connectivity index (χ0) is 14.3. The maximum atomic E-state index is 12.5. The zero-order valence-corrected chi connectivity index (χ0v) is 12.6. The molecule has 0 fully saturated rings. The van der Waals surface area contributed by atoms with Gasteiger partial charge in [0.2, 0.25) is 0 Å². The van der Waals surface area contributed by atoms with Gasteiger partial charge < -0.3 is 9.72 Å². The van der Waals surface area contributed by atoms with Gasteiger partial charge in [-0.15, -0.1) is 11.3 Å². The Morgan fingerprint density at radius 3 is 2.85 bits per heavy atom. The van der Waals surface area contributed by atoms with E-state index in [0.717, 1.165) is 21.8 Å². The van der Waals surface area contributed by atoms with Crippen LogP contribution in [-0.2, 0) is 0 Å². The van der Waals surface area contributed by atoms with E-state index >= 15 is 0 Å². The first-order chi connectivity index (χ1) is 9.61. The molecule has 1 aromatic carbocycles. The third kappa shape index (κ3) is 1.97. The van der Waals surface area contributed by atoms with E-state index in [-0.39, 0.29) is 5.56 Å². The number of rotatable bonds is 2. The average Bonchev–Trinajstić information content (AvgIpc) is 2.87. The quantitative estimate of drug-likeness (QED) is 0.738. The average molecular weight is 304 g/mol. The number of aromatic amines is 1. The van der Waals surface area contributed by atoms with Crippen molar-refractivity contribution < 1.29 is 4.74 Å². The Morgan fingerprint density at radius 2 is 2.15 bits per heavy atom. The molecular weight excluding hydrogens is 292 g/mol. The Labute approximate surface area is 124 Å². The molecule has 0 spiro atoms. The van der Waals surface area contributed by atoms with Gasteiger partial charge in [0.1, 0.15) is 10.6 Å². The molecule has 20 heavy (non-hydrogen) atoms. The van der Waals surface area contributed by atoms with Crippen molar-refractivity contribution in [2.75, 3.05) is 7.11 Å². The number of methoxy groups -OCH3 is 1. The second kappa shape index (κ2) is 4.88. The smallest absolute Gasteiger partial charge is 0.267 e. The number of benzene rings is 1. The first-order valence-corrected chi connectivity index (χ1v) is 7.28. The second-order valence-electron chi connectivity index (χ2n) is 4.39. The fourth-order valence-corrected chi connectivity index (χ4v) is 3.31. The molecule has 0 atom stereocenters. The number of nitrogens with zero attached hydrogens (tertiary/aromatic N) is 1. The van der Waals surface area contributed by atoms with Crippen LogP contribution >= 0.6 is 23.6 Å². The van der Waals surface area contributed by atoms with E-state index in [1.165, 1.54) is 15.9 Å². The fourth-order valence-electron chi connectivity index (χ4n) is 2.18. The van der Waals surface area contributed by atoms with Gasteiger partial charge in [0.15, 0.2) is 4.77 Å². The first kappa shape index (κ1) is 13.1. The number of ether oxygens (including phenoxy) is 1. The summed E-state index contributed by atoms with van der Waals surface area (Å²) in [5.41, 5.74) is 1.59. The lowest BCUT2D eigenvalue weighted by Crippen LogP contribution is -2.19. The van der Waals surface area contributed by atoms with Crippen molar-refractivity contribution in [3.8, 4) is 11.4 Å². The standard InChI is InChI=1S/C14H12N2O2S2/c1-8-7-9(3-4-11(8)18-2)16-13(17)10-5-6-20-12(10)15-14(16)19/h3-7H,1-2H3,(H,15,19). The third-order valence-electron chi connectivity index (χ3n) is 3.16. The Morgan fingerprint density at radius 1 is 1.35 bits per heavy atom. The normalized spacial score (nSPS) is 10.9. The van der Waals surface area contributed by atoms with Crippen LogP contribution in [0.5, 0.6) is 5.75 Å². The number of H-pyrrole nitrogens is 1. The minimum absolute atomic E-state index is 0.102. The van der Waals surface area contributed by atoms with Crippen LogP contribution in [0.15, 0.2) is 34.4 Å². The molecule has 0 bridgehead atoms. The van der Waals surface area contributed by atoms with Gasteiger partial charge in [-0.3, -0.25) is 9.36 Å². The van der Waals surface area contributed by atoms with Gasteiger partial charge in [0, 0.05) is 0 Å². The van der Waals surface area contributed by atoms with Gasteiger partial charge in [0.25, 0.3) is 5.56 Å². The number of fused-ring (bicyclic) bond motifs is 1. The SMILES string of the molecule is COc1ccc(-n2c(=S)[nH]c3sccc3c2=O)cc1C. The van der Waals surface area contributed by atoms with Gasteiger partial charge in [-0.2, -0.15) is 0 Å². The summed E-state index contributed by atoms with van der Waals surface area (Å²) in [5.74, 6) is 0.785. The molecular formula is C14H12N2O2S2. The summed E-state index contributed by atoms with van der Waals surface area (Å²) in [6.07, 6.45) is 0. The molecule has 2 aromatic heterocycles. The monoisotopic (exact) mass is 304 g/mol. The second-order valence-corrected chi connectivity index (χ2v) is 5.69. The number of hydrogen-bond donors (Lipinski definition) is 1. The molecule has 102 valence electrons. The molecule has 2 heterocycles. The molecule has 0 saturated heterocycles. The number of thiophene rings is 1. The number of nitrogens with one attached hydrogen (secondary N) is 1. The van der Waals surface area contributed by atoms with E-state index in [2.05, 4.69) is 4.98 Å². The summed E-state index contributed by atoms with van der Waals surface area (Å²) in [7, 11) is 1.62. The van der Waals surface area contributed by atoms with Gasteiger partial charge in [-0.05, 0) is 54.4 Å². The Hall–Kier alpha value is -1.92. The van der Waals surface area contributed by atoms with Crippen molar-refractivity contribution in [1.29, 1.82) is 0 Å². The lowest BCUT2D eigenvalue weighted by molar-refractivity contribution is 0.411. The number of aryl methyl sites for hydroxylation is 1. The lowest BCUT2D eigenvalue weighted by Gasteiger charge is -2.10. The van der Waals surface area contributed by atoms with Crippen LogP contribution < -0.4 is 10.3 Å². The maximum absolute atomic E-state index is 12.5. The molecule has 3 aromatic rings. The van der Waals surface area contributed by atoms with Crippen molar-refractivity contribution in [3.63, 3.8) is 0 Å². The van der Waals surface area contributed by atoms with E-state index in [1.54, 1.807) is 13.2 Å². The molecule has 0 aliphatic carbocycles. The van der Waals surface area contributed by atoms with Crippen molar-refractivity contribution in [2.24, 2.45) is 0 Å². The highest BCUT2D eigenvalue weighted by atomic mass is 32.1. The zero-order valence-electron chi connectivity index (χ0n) is 11.0. The molecule has 0 aliphatic rings. The predicted molar refractivity (Wildman–Crippen MR) is 83.9 cm³/mol. The van der Waals surface area contributed by atoms with Crippen LogP contribution in [0, 0.1) is 11.7 Å². The summed E-state index contributed by atoms with van der Waals surface area (Å²) in [4.78, 5) is 16.4. The summed E-state index contributed by atoms with van der Waals surface area (Å²) >= 11 is 6.78. The minimum Gasteiger partial charge on any atom is -0.496 e. The van der Waals surface area contributed by atoms with Crippen LogP contribution in [-0.4, -0.2) is 16.7 Å². The van der Waals surface area contributed by atoms with Crippen LogP contribution in [0.3, 0.4) is 0 Å². The summed E-state index contributed by atoms with van der Waals surface area (Å²) in [5, 5.41) is 2.53. The van der Waals surface area contributed by atoms with Crippen molar-refractivity contribution >= 4 is 33.8 Å². The lowest BCUT2D eigenvalue weighted by atomic mass is 10.2. The van der Waals surface area contributed by atoms with Crippen LogP contribution in [0.25, 0.3) is 15.9 Å². The topological polar surface area (TPSA) is 47.0 Å². The molecule has 0 aliphatic heterocycles. The molecule has 1 N–H and O–H groups in total. The van der Waals surface area contributed by atoms with Crippen LogP contribution in [0.4, 0.5) is 0 Å². The highest BCUT2D eigenvalue weighted by molar-refractivity contribution is 7.71. The van der Waals surface area contributed by atoms with E-state index in [9.17, 15) is 4.79 Å². The number of aromatic nitrogens is 2. The van der Waals surface area contributed by atoms with Crippen LogP contribution in [0.2, 0.25) is 0 Å². The first-order valence-electron chi connectivity index (χ1n) is 5.99. The Bertz CT molecular complexity index is 905. The summed E-state index contributed by atoms with van der Waals surface area (Å²) < 4.78 is 7.14. The molecule has 0 radical (unpaired) electrons. The highest BCUT2D eigenvalue weighted by Gasteiger charge is 2.09. The summed E-state index contributed by atoms with van der Waals surface area (Å²) in [6, 6.07) is 7.36. The molecule has 4 nitrogen and oxygen atoms in total. The van der Waals surface area contributed by atoms with Crippen molar-refractivity contribution in [3.05, 3.63) is 50.3 Å². The van der Waals surface area contributed by atoms with Crippen LogP contribution in [0.1, 0.15) is 5.56 Å². The Kier molecular flexibility index (Phi) is 3.19. The van der Waals surface area contributed by atoms with Gasteiger partial charge in [-0.25, -0.2) is 0 Å². The highest BCUT2D eigenvalue weighted by Crippen LogP contribution is 2.21. The number of hydrogen-bond acceptors (Lipinski definition) is 4. The fraction of sp³-hybridized carbons (Fsp3) is 0.143. The molecule has 0 unspecified atom stereocenters. The van der Waals surface area contributed by atoms with E-state index in [4.69, 9.17) is 17.0 Å². The largest absolute Gasteiger partial charge is 0.496 e. The van der Waals surface area contributed by atoms with E-state index in [0.29, 0.717) is 10.2 Å². The van der Waals surface area contributed by atoms with E-state index < -0.39 is 0 Å². The third-order valence-corrected chi connectivity index (χ3v) is 4.27. The van der Waals surface area contributed by atoms with Gasteiger partial charge in [-0.1, -0.05) is 0 Å². The Balaban J connectivity index is 2.32. The maximum Gasteiger partial charge on any atom is 0.267 e. The summed E-state index contributed by atoms with van der Waals surface area (Å²) in [6.45, 7) is 1.93. The molecule has 0 amide bonds. The van der Waals surface area contributed by atoms with Gasteiger partial charge in [0.05, 0.1) is 18.2 Å². The van der Waals surface area contributed by atoms with Crippen molar-refractivity contribution in [2.45, 2.75) is 6.92 Å². The molecule has 0 saturated carbocycles. The van der Waals surface area contributed by atoms with E-state index in [1.807, 2.05) is 30.5 Å².